The molecule has 0 fully saturated rings. The normalized spacial score (nSPS) is 21.6. The second kappa shape index (κ2) is 5.34. The van der Waals surface area contributed by atoms with Crippen molar-refractivity contribution < 1.29 is 17.5 Å². The first-order valence-electron chi connectivity index (χ1n) is 6.85. The maximum atomic E-state index is 13.0. The van der Waals surface area contributed by atoms with Gasteiger partial charge >= 0.3 is 0 Å². The molecule has 1 aliphatic rings. The Morgan fingerprint density at radius 1 is 1.05 bits per heavy atom. The summed E-state index contributed by atoms with van der Waals surface area (Å²) >= 11 is 0. The first kappa shape index (κ1) is 14.9. The topological polar surface area (TPSA) is 43.4 Å². The molecule has 1 unspecified atom stereocenters. The van der Waals surface area contributed by atoms with Gasteiger partial charge in [0.25, 0.3) is 0 Å². The van der Waals surface area contributed by atoms with Gasteiger partial charge in [-0.15, -0.1) is 0 Å². The van der Waals surface area contributed by atoms with Gasteiger partial charge in [-0.3, -0.25) is 0 Å². The van der Waals surface area contributed by atoms with E-state index in [2.05, 4.69) is 0 Å². The zero-order valence-corrected chi connectivity index (χ0v) is 12.8. The lowest BCUT2D eigenvalue weighted by Gasteiger charge is -2.27. The molecule has 0 aliphatic carbocycles. The molecule has 5 heteroatoms. The van der Waals surface area contributed by atoms with Gasteiger partial charge in [0.05, 0.1) is 16.4 Å². The van der Waals surface area contributed by atoms with E-state index in [0.717, 1.165) is 17.7 Å². The van der Waals surface area contributed by atoms with Gasteiger partial charge in [-0.05, 0) is 42.8 Å². The predicted octanol–water partition coefficient (Wildman–Crippen LogP) is 3.43. The molecule has 0 spiro atoms. The van der Waals surface area contributed by atoms with E-state index in [-0.39, 0.29) is 16.4 Å². The maximum Gasteiger partial charge on any atom is 0.205 e. The number of halogens is 1. The Morgan fingerprint density at radius 2 is 1.68 bits per heavy atom. The molecule has 0 aromatic heterocycles. The second-order valence-electron chi connectivity index (χ2n) is 5.24. The summed E-state index contributed by atoms with van der Waals surface area (Å²) in [5.41, 5.74) is -0.265. The number of rotatable bonds is 3. The van der Waals surface area contributed by atoms with Crippen LogP contribution in [0, 0.1) is 5.82 Å². The fourth-order valence-electron chi connectivity index (χ4n) is 2.64. The van der Waals surface area contributed by atoms with Crippen LogP contribution in [0.1, 0.15) is 12.5 Å². The molecule has 1 aliphatic heterocycles. The van der Waals surface area contributed by atoms with Gasteiger partial charge in [0.15, 0.2) is 0 Å². The molecule has 3 nitrogen and oxygen atoms in total. The molecule has 0 N–H and O–H groups in total. The smallest absolute Gasteiger partial charge is 0.205 e. The van der Waals surface area contributed by atoms with Crippen LogP contribution in [0.5, 0.6) is 0 Å². The lowest BCUT2D eigenvalue weighted by atomic mass is 9.96. The van der Waals surface area contributed by atoms with Crippen LogP contribution in [-0.4, -0.2) is 15.0 Å². The summed E-state index contributed by atoms with van der Waals surface area (Å²) in [5, 5.41) is 0. The first-order chi connectivity index (χ1) is 10.4. The number of hydrogen-bond donors (Lipinski definition) is 0. The van der Waals surface area contributed by atoms with E-state index in [0.29, 0.717) is 0 Å². The third-order valence-electron chi connectivity index (χ3n) is 3.85. The van der Waals surface area contributed by atoms with Gasteiger partial charge in [0.2, 0.25) is 9.84 Å². The summed E-state index contributed by atoms with van der Waals surface area (Å²) in [4.78, 5) is 0.255. The van der Waals surface area contributed by atoms with Crippen LogP contribution < -0.4 is 0 Å². The highest BCUT2D eigenvalue weighted by atomic mass is 32.2. The zero-order chi connectivity index (χ0) is 15.8. The van der Waals surface area contributed by atoms with E-state index in [1.165, 1.54) is 12.1 Å². The van der Waals surface area contributed by atoms with Gasteiger partial charge < -0.3 is 4.74 Å². The zero-order valence-electron chi connectivity index (χ0n) is 12.0. The molecule has 0 saturated carbocycles. The van der Waals surface area contributed by atoms with Crippen LogP contribution in [-0.2, 0) is 20.2 Å². The molecule has 0 saturated heterocycles. The Bertz CT molecular complexity index is 811. The van der Waals surface area contributed by atoms with Crippen LogP contribution >= 0.6 is 0 Å². The SMILES string of the molecule is CC1(c2ccccc2)OCC=C1S(=O)(=O)c1ccc(F)cc1. The minimum absolute atomic E-state index is 0.0628. The molecule has 1 heterocycles. The molecule has 114 valence electrons. The minimum atomic E-state index is -3.74. The molecule has 2 aromatic rings. The fourth-order valence-corrected chi connectivity index (χ4v) is 4.36. The van der Waals surface area contributed by atoms with Crippen molar-refractivity contribution in [3.63, 3.8) is 0 Å². The second-order valence-corrected chi connectivity index (χ2v) is 7.15. The summed E-state index contributed by atoms with van der Waals surface area (Å²) in [6.45, 7) is 1.96. The average Bonchev–Trinajstić information content (AvgIpc) is 2.93. The molecule has 0 radical (unpaired) electrons. The maximum absolute atomic E-state index is 13.0. The fraction of sp³-hybridized carbons (Fsp3) is 0.176. The summed E-state index contributed by atoms with van der Waals surface area (Å²) in [6, 6.07) is 14.0. The lowest BCUT2D eigenvalue weighted by Crippen LogP contribution is -2.28. The van der Waals surface area contributed by atoms with Gasteiger partial charge in [-0.25, -0.2) is 12.8 Å². The average molecular weight is 318 g/mol. The van der Waals surface area contributed by atoms with Crippen LogP contribution in [0.25, 0.3) is 0 Å². The van der Waals surface area contributed by atoms with Crippen molar-refractivity contribution in [1.82, 2.24) is 0 Å². The van der Waals surface area contributed by atoms with E-state index in [1.807, 2.05) is 30.3 Å². The Labute approximate surface area is 129 Å². The molecular formula is C17H15FO3S. The monoisotopic (exact) mass is 318 g/mol. The van der Waals surface area contributed by atoms with Crippen molar-refractivity contribution in [1.29, 1.82) is 0 Å². The standard InChI is InChI=1S/C17H15FO3S/c1-17(13-5-3-2-4-6-13)16(11-12-21-17)22(19,20)15-9-7-14(18)8-10-15/h2-11H,12H2,1H3. The van der Waals surface area contributed by atoms with E-state index in [1.54, 1.807) is 13.0 Å². The third kappa shape index (κ3) is 2.36. The molecule has 1 atom stereocenters. The Kier molecular flexibility index (Phi) is 3.62. The van der Waals surface area contributed by atoms with Gasteiger partial charge in [0, 0.05) is 0 Å². The van der Waals surface area contributed by atoms with Gasteiger partial charge in [-0.2, -0.15) is 0 Å². The highest BCUT2D eigenvalue weighted by Crippen LogP contribution is 2.42. The number of ether oxygens (including phenoxy) is 1. The minimum Gasteiger partial charge on any atom is -0.361 e. The van der Waals surface area contributed by atoms with Gasteiger partial charge in [-0.1, -0.05) is 30.3 Å². The van der Waals surface area contributed by atoms with E-state index in [4.69, 9.17) is 4.74 Å². The van der Waals surface area contributed by atoms with E-state index in [9.17, 15) is 12.8 Å². The first-order valence-corrected chi connectivity index (χ1v) is 8.34. The van der Waals surface area contributed by atoms with E-state index >= 15 is 0 Å². The highest BCUT2D eigenvalue weighted by Gasteiger charge is 2.43. The third-order valence-corrected chi connectivity index (χ3v) is 5.88. The molecule has 22 heavy (non-hydrogen) atoms. The highest BCUT2D eigenvalue weighted by molar-refractivity contribution is 7.95. The van der Waals surface area contributed by atoms with Crippen molar-refractivity contribution in [3.8, 4) is 0 Å². The van der Waals surface area contributed by atoms with Crippen molar-refractivity contribution in [2.75, 3.05) is 6.61 Å². The molecule has 0 bridgehead atoms. The predicted molar refractivity (Wildman–Crippen MR) is 81.4 cm³/mol. The Hall–Kier alpha value is -1.98. The summed E-state index contributed by atoms with van der Waals surface area (Å²) in [5.74, 6) is -0.471. The van der Waals surface area contributed by atoms with Gasteiger partial charge in [0.1, 0.15) is 11.4 Å². The van der Waals surface area contributed by atoms with Crippen LogP contribution in [0.3, 0.4) is 0 Å². The quantitative estimate of drug-likeness (QED) is 0.814. The van der Waals surface area contributed by atoms with Crippen molar-refractivity contribution in [2.45, 2.75) is 17.4 Å². The summed E-state index contributed by atoms with van der Waals surface area (Å²) < 4.78 is 44.5. The molecule has 2 aromatic carbocycles. The summed E-state index contributed by atoms with van der Waals surface area (Å²) in [6.07, 6.45) is 1.58. The van der Waals surface area contributed by atoms with Crippen molar-refractivity contribution >= 4 is 9.84 Å². The number of sulfone groups is 1. The summed E-state index contributed by atoms with van der Waals surface area (Å²) in [7, 11) is -3.74. The number of benzene rings is 2. The Morgan fingerprint density at radius 3 is 2.32 bits per heavy atom. The largest absolute Gasteiger partial charge is 0.361 e. The van der Waals surface area contributed by atoms with Crippen LogP contribution in [0.4, 0.5) is 4.39 Å². The lowest BCUT2D eigenvalue weighted by molar-refractivity contribution is 0.0358. The molecular weight excluding hydrogens is 303 g/mol. The number of hydrogen-bond acceptors (Lipinski definition) is 3. The molecule has 3 rings (SSSR count). The van der Waals surface area contributed by atoms with E-state index < -0.39 is 21.3 Å². The van der Waals surface area contributed by atoms with Crippen LogP contribution in [0.2, 0.25) is 0 Å². The Balaban J connectivity index is 2.08. The van der Waals surface area contributed by atoms with Crippen molar-refractivity contribution in [3.05, 3.63) is 77.0 Å². The molecule has 0 amide bonds. The van der Waals surface area contributed by atoms with Crippen LogP contribution in [0.15, 0.2) is 70.5 Å². The van der Waals surface area contributed by atoms with Crippen molar-refractivity contribution in [2.24, 2.45) is 0 Å².